The highest BCUT2D eigenvalue weighted by Crippen LogP contribution is 2.07. The van der Waals surface area contributed by atoms with Crippen LogP contribution in [0.1, 0.15) is 33.9 Å². The lowest BCUT2D eigenvalue weighted by Gasteiger charge is -2.29. The van der Waals surface area contributed by atoms with Crippen LogP contribution >= 0.6 is 0 Å². The van der Waals surface area contributed by atoms with Crippen LogP contribution in [0.3, 0.4) is 0 Å². The molecule has 0 saturated heterocycles. The van der Waals surface area contributed by atoms with Crippen LogP contribution in [0.4, 0.5) is 0 Å². The van der Waals surface area contributed by atoms with E-state index >= 15 is 0 Å². The van der Waals surface area contributed by atoms with Gasteiger partial charge in [-0.2, -0.15) is 0 Å². The van der Waals surface area contributed by atoms with Crippen LogP contribution in [0.2, 0.25) is 0 Å². The number of aliphatic carboxylic acids is 2. The van der Waals surface area contributed by atoms with Gasteiger partial charge in [-0.3, -0.25) is 9.59 Å². The minimum absolute atomic E-state index is 0.0587. The van der Waals surface area contributed by atoms with Crippen molar-refractivity contribution < 1.29 is 42.0 Å². The molecule has 7 heteroatoms. The zero-order valence-electron chi connectivity index (χ0n) is 16.5. The Bertz CT molecular complexity index is 489. The van der Waals surface area contributed by atoms with E-state index < -0.39 is 55.4 Å². The lowest BCUT2D eigenvalue weighted by molar-refractivity contribution is -0.873. The predicted octanol–water partition coefficient (Wildman–Crippen LogP) is -1.00. The number of likely N-dealkylation sites (N-methyl/N-ethyl adjacent to an activating group) is 1. The molecular weight excluding hydrogens is 254 g/mol. The summed E-state index contributed by atoms with van der Waals surface area (Å²) in [6.45, 7) is -6.85. The summed E-state index contributed by atoms with van der Waals surface area (Å²) < 4.78 is 48.0. The molecule has 0 aliphatic rings. The second-order valence-corrected chi connectivity index (χ2v) is 4.31. The molecule has 0 spiro atoms. The number of nitrogens with zero attached hydrogens (tertiary/aromatic N) is 1. The molecule has 0 aliphatic carbocycles. The Morgan fingerprint density at radius 1 is 1.37 bits per heavy atom. The fourth-order valence-electron chi connectivity index (χ4n) is 1.37. The van der Waals surface area contributed by atoms with Crippen LogP contribution < -0.4 is 5.11 Å². The minimum atomic E-state index is -3.02. The van der Waals surface area contributed by atoms with Gasteiger partial charge in [-0.15, -0.1) is 0 Å². The van der Waals surface area contributed by atoms with E-state index in [0.29, 0.717) is 0 Å². The molecule has 0 unspecified atom stereocenters. The summed E-state index contributed by atoms with van der Waals surface area (Å²) in [6, 6.07) is 0. The maximum atomic E-state index is 11.7. The molecule has 0 heterocycles. The van der Waals surface area contributed by atoms with Crippen LogP contribution in [-0.4, -0.2) is 61.1 Å². The Hall–Kier alpha value is -1.63. The molecule has 0 bridgehead atoms. The van der Waals surface area contributed by atoms with Gasteiger partial charge in [0.15, 0.2) is 6.10 Å². The van der Waals surface area contributed by atoms with Crippen molar-refractivity contribution in [3.8, 4) is 0 Å². The smallest absolute Gasteiger partial charge is 0.306 e. The van der Waals surface area contributed by atoms with E-state index in [0.717, 1.165) is 7.05 Å². The second kappa shape index (κ2) is 7.73. The number of hydrogen-bond acceptors (Lipinski definition) is 5. The van der Waals surface area contributed by atoms with Crippen LogP contribution in [-0.2, 0) is 19.1 Å². The van der Waals surface area contributed by atoms with E-state index in [2.05, 4.69) is 0 Å². The zero-order chi connectivity index (χ0) is 20.1. The Morgan fingerprint density at radius 2 is 2.00 bits per heavy atom. The molecule has 7 nitrogen and oxygen atoms in total. The summed E-state index contributed by atoms with van der Waals surface area (Å²) in [5.41, 5.74) is 0. The monoisotopic (exact) mass is 281 g/mol. The number of carboxylic acid groups (broad SMARTS) is 2. The highest BCUT2D eigenvalue weighted by atomic mass is 16.5. The maximum absolute atomic E-state index is 11.7. The van der Waals surface area contributed by atoms with Crippen LogP contribution in [0.15, 0.2) is 0 Å². The largest absolute Gasteiger partial charge is 0.550 e. The van der Waals surface area contributed by atoms with E-state index in [4.69, 9.17) is 18.1 Å². The summed E-state index contributed by atoms with van der Waals surface area (Å²) >= 11 is 0. The molecule has 0 saturated carbocycles. The van der Waals surface area contributed by atoms with Crippen molar-refractivity contribution in [2.45, 2.75) is 31.8 Å². The van der Waals surface area contributed by atoms with Crippen molar-refractivity contribution in [1.29, 1.82) is 0 Å². The van der Waals surface area contributed by atoms with Gasteiger partial charge in [0.05, 0.1) is 29.2 Å². The SMILES string of the molecule is [2H]C([2H])([2H])[N+](C)(C[C@@H](CC(=O)[O-])OC(=O)CCCC(=O)O)C([2H])([2H])[2H]. The van der Waals surface area contributed by atoms with E-state index in [9.17, 15) is 19.5 Å². The Balaban J connectivity index is 5.22. The van der Waals surface area contributed by atoms with E-state index in [1.54, 1.807) is 0 Å². The number of ether oxygens (including phenoxy) is 1. The molecule has 0 aromatic carbocycles. The molecular formula is C12H21NO6. The highest BCUT2D eigenvalue weighted by Gasteiger charge is 2.22. The van der Waals surface area contributed by atoms with E-state index in [1.165, 1.54) is 0 Å². The number of carboxylic acids is 2. The quantitative estimate of drug-likeness (QED) is 0.429. The van der Waals surface area contributed by atoms with Crippen LogP contribution in [0, 0.1) is 0 Å². The van der Waals surface area contributed by atoms with Gasteiger partial charge in [0, 0.05) is 25.2 Å². The van der Waals surface area contributed by atoms with Crippen molar-refractivity contribution in [2.24, 2.45) is 0 Å². The molecule has 0 fully saturated rings. The number of carbonyl (C=O) groups is 3. The van der Waals surface area contributed by atoms with Gasteiger partial charge in [0.1, 0.15) is 6.54 Å². The number of quaternary nitrogens is 1. The summed E-state index contributed by atoms with van der Waals surface area (Å²) in [5.74, 6) is -3.73. The van der Waals surface area contributed by atoms with Gasteiger partial charge in [-0.25, -0.2) is 0 Å². The summed E-state index contributed by atoms with van der Waals surface area (Å²) in [4.78, 5) is 32.9. The van der Waals surface area contributed by atoms with Crippen molar-refractivity contribution in [3.63, 3.8) is 0 Å². The van der Waals surface area contributed by atoms with E-state index in [1.807, 2.05) is 0 Å². The summed E-state index contributed by atoms with van der Waals surface area (Å²) in [5, 5.41) is 19.3. The average molecular weight is 281 g/mol. The first-order valence-electron chi connectivity index (χ1n) is 8.57. The van der Waals surface area contributed by atoms with Gasteiger partial charge in [0.2, 0.25) is 0 Å². The molecule has 0 rings (SSSR count). The first-order valence-corrected chi connectivity index (χ1v) is 5.57. The van der Waals surface area contributed by atoms with Crippen molar-refractivity contribution >= 4 is 17.9 Å². The van der Waals surface area contributed by atoms with Crippen molar-refractivity contribution in [3.05, 3.63) is 0 Å². The van der Waals surface area contributed by atoms with Gasteiger partial charge in [-0.05, 0) is 6.42 Å². The van der Waals surface area contributed by atoms with Gasteiger partial charge in [-0.1, -0.05) is 0 Å². The summed E-state index contributed by atoms with van der Waals surface area (Å²) in [6.07, 6.45) is -3.13. The Morgan fingerprint density at radius 3 is 2.47 bits per heavy atom. The first kappa shape index (κ1) is 9.30. The van der Waals surface area contributed by atoms with Gasteiger partial charge < -0.3 is 24.2 Å². The molecule has 0 radical (unpaired) electrons. The number of rotatable bonds is 9. The average Bonchev–Trinajstić information content (AvgIpc) is 2.34. The minimum Gasteiger partial charge on any atom is -0.550 e. The third-order valence-corrected chi connectivity index (χ3v) is 2.03. The molecule has 19 heavy (non-hydrogen) atoms. The van der Waals surface area contributed by atoms with Crippen molar-refractivity contribution in [2.75, 3.05) is 27.5 Å². The van der Waals surface area contributed by atoms with Crippen LogP contribution in [0.25, 0.3) is 0 Å². The van der Waals surface area contributed by atoms with Crippen LogP contribution in [0.5, 0.6) is 0 Å². The van der Waals surface area contributed by atoms with Crippen molar-refractivity contribution in [1.82, 2.24) is 0 Å². The normalized spacial score (nSPS) is 18.8. The lowest BCUT2D eigenvalue weighted by atomic mass is 10.2. The predicted molar refractivity (Wildman–Crippen MR) is 63.9 cm³/mol. The molecule has 110 valence electrons. The standard InChI is InChI=1S/C12H21NO6/c1-13(2,3)8-9(7-11(16)17)19-12(18)6-4-5-10(14)15/h9H,4-8H2,1-3H3,(H-,14,15,16,17)/t9-/m1/s1/i1D3,2D3. The topological polar surface area (TPSA) is 104 Å². The van der Waals surface area contributed by atoms with Gasteiger partial charge in [0.25, 0.3) is 0 Å². The zero-order valence-corrected chi connectivity index (χ0v) is 10.5. The third kappa shape index (κ3) is 11.2. The third-order valence-electron chi connectivity index (χ3n) is 2.03. The molecule has 0 aliphatic heterocycles. The summed E-state index contributed by atoms with van der Waals surface area (Å²) in [7, 11) is 0.889. The molecule has 1 atom stereocenters. The van der Waals surface area contributed by atoms with Gasteiger partial charge >= 0.3 is 11.9 Å². The lowest BCUT2D eigenvalue weighted by Crippen LogP contribution is -2.45. The fourth-order valence-corrected chi connectivity index (χ4v) is 1.37. The number of hydrogen-bond donors (Lipinski definition) is 1. The first-order chi connectivity index (χ1) is 11.1. The number of esters is 1. The molecule has 0 amide bonds. The second-order valence-electron chi connectivity index (χ2n) is 4.31. The molecule has 0 aromatic rings. The highest BCUT2D eigenvalue weighted by molar-refractivity contribution is 5.72. The molecule has 1 N–H and O–H groups in total. The Labute approximate surface area is 120 Å². The number of carbonyl (C=O) groups excluding carboxylic acids is 2. The Kier molecular flexibility index (Phi) is 3.78. The molecule has 0 aromatic heterocycles. The van der Waals surface area contributed by atoms with E-state index in [-0.39, 0.29) is 19.3 Å². The fraction of sp³-hybridized carbons (Fsp3) is 0.750. The maximum Gasteiger partial charge on any atom is 0.306 e.